The van der Waals surface area contributed by atoms with E-state index in [2.05, 4.69) is 11.5 Å². The van der Waals surface area contributed by atoms with Gasteiger partial charge in [0, 0.05) is 5.41 Å². The molecule has 0 aromatic carbocycles. The molecule has 0 amide bonds. The van der Waals surface area contributed by atoms with E-state index >= 15 is 0 Å². The lowest BCUT2D eigenvalue weighted by Gasteiger charge is -1.69. The van der Waals surface area contributed by atoms with Crippen molar-refractivity contribution in [2.45, 2.75) is 0 Å². The molecule has 6 heavy (non-hydrogen) atoms. The zero-order valence-corrected chi connectivity index (χ0v) is 4.60. The summed E-state index contributed by atoms with van der Waals surface area (Å²) in [4.78, 5) is 0. The Morgan fingerprint density at radius 3 is 2.67 bits per heavy atom. The van der Waals surface area contributed by atoms with E-state index in [4.69, 9.17) is 11.2 Å². The molecule has 2 radical (unpaired) electrons. The fraction of sp³-hybridized carbons (Fsp3) is 0. The molecular weight excluding hydrogens is 112 g/mol. The van der Waals surface area contributed by atoms with Crippen molar-refractivity contribution in [1.29, 1.82) is 0 Å². The van der Waals surface area contributed by atoms with Gasteiger partial charge in [0.05, 0.1) is 0 Å². The molecule has 30 valence electrons. The zero-order valence-electron chi connectivity index (χ0n) is 2.97. The first-order valence-corrected chi connectivity index (χ1v) is 3.69. The molecule has 1 rings (SSSR count). The van der Waals surface area contributed by atoms with E-state index in [-0.39, 0.29) is 9.45 Å². The van der Waals surface area contributed by atoms with Crippen molar-refractivity contribution in [3.63, 3.8) is 0 Å². The summed E-state index contributed by atoms with van der Waals surface area (Å²) in [6.45, 7) is 0. The Balaban J connectivity index is 2.86. The van der Waals surface area contributed by atoms with Crippen LogP contribution in [0.25, 0.3) is 0 Å². The summed E-state index contributed by atoms with van der Waals surface area (Å²) < 4.78 is 0. The maximum atomic E-state index is 4.77. The third kappa shape index (κ3) is 0.758. The Morgan fingerprint density at radius 1 is 1.67 bits per heavy atom. The van der Waals surface area contributed by atoms with Gasteiger partial charge in [0.25, 0.3) is 0 Å². The molecule has 0 N–H and O–H groups in total. The van der Waals surface area contributed by atoms with Crippen molar-refractivity contribution < 1.29 is 0 Å². The monoisotopic (exact) mass is 114 g/mol. The second kappa shape index (κ2) is 1.67. The van der Waals surface area contributed by atoms with Gasteiger partial charge in [-0.1, -0.05) is 9.45 Å². The maximum absolute atomic E-state index is 4.77. The molecular formula is C4H2S2. The molecule has 0 aromatic rings. The molecule has 0 bridgehead atoms. The van der Waals surface area contributed by atoms with Gasteiger partial charge in [0.2, 0.25) is 0 Å². The highest BCUT2D eigenvalue weighted by molar-refractivity contribution is 8.31. The highest BCUT2D eigenvalue weighted by atomic mass is 32.8. The molecule has 0 saturated carbocycles. The van der Waals surface area contributed by atoms with Gasteiger partial charge in [0.15, 0.2) is 0 Å². The van der Waals surface area contributed by atoms with E-state index in [1.165, 1.54) is 0 Å². The summed E-state index contributed by atoms with van der Waals surface area (Å²) in [5.41, 5.74) is 0. The number of rotatable bonds is 0. The Labute approximate surface area is 44.1 Å². The molecule has 0 aliphatic carbocycles. The molecule has 1 heterocycles. The lowest BCUT2D eigenvalue weighted by Crippen LogP contribution is -1.61. The smallest absolute Gasteiger partial charge is 0.0386 e. The van der Waals surface area contributed by atoms with Gasteiger partial charge >= 0.3 is 0 Å². The van der Waals surface area contributed by atoms with E-state index in [0.717, 1.165) is 0 Å². The normalized spacial score (nSPS) is 20.0. The highest BCUT2D eigenvalue weighted by Crippen LogP contribution is 1.93. The van der Waals surface area contributed by atoms with Crippen molar-refractivity contribution >= 4 is 20.6 Å². The predicted molar refractivity (Wildman–Crippen MR) is 30.4 cm³/mol. The van der Waals surface area contributed by atoms with Crippen LogP contribution < -0.4 is 0 Å². The van der Waals surface area contributed by atoms with Gasteiger partial charge < -0.3 is 0 Å². The molecule has 1 atom stereocenters. The second-order valence-corrected chi connectivity index (χ2v) is 3.00. The summed E-state index contributed by atoms with van der Waals surface area (Å²) in [7, 11) is -0.131. The average Bonchev–Trinajstić information content (AvgIpc) is 1.86. The van der Waals surface area contributed by atoms with Crippen molar-refractivity contribution in [2.75, 3.05) is 0 Å². The lowest BCUT2D eigenvalue weighted by atomic mass is 10.6. The van der Waals surface area contributed by atoms with Crippen LogP contribution in [0.4, 0.5) is 0 Å². The Kier molecular flexibility index (Phi) is 1.17. The van der Waals surface area contributed by atoms with Crippen molar-refractivity contribution in [3.05, 3.63) is 23.0 Å². The minimum atomic E-state index is -0.131. The second-order valence-electron chi connectivity index (χ2n) is 0.847. The number of allylic oxidation sites excluding steroid dienone is 2. The van der Waals surface area contributed by atoms with Gasteiger partial charge in [-0.05, 0) is 28.7 Å². The van der Waals surface area contributed by atoms with E-state index in [0.29, 0.717) is 0 Å². The molecule has 0 fully saturated rings. The van der Waals surface area contributed by atoms with E-state index in [1.54, 1.807) is 6.08 Å². The third-order valence-electron chi connectivity index (χ3n) is 0.434. The quantitative estimate of drug-likeness (QED) is 0.447. The van der Waals surface area contributed by atoms with Crippen molar-refractivity contribution in [1.82, 2.24) is 0 Å². The van der Waals surface area contributed by atoms with E-state index in [9.17, 15) is 0 Å². The first-order valence-electron chi connectivity index (χ1n) is 1.48. The first kappa shape index (κ1) is 4.22. The molecule has 1 aliphatic rings. The highest BCUT2D eigenvalue weighted by Gasteiger charge is 1.83. The fourth-order valence-electron chi connectivity index (χ4n) is 0.222. The average molecular weight is 114 g/mol. The molecule has 0 saturated heterocycles. The minimum absolute atomic E-state index is 0.131. The van der Waals surface area contributed by atoms with Crippen LogP contribution >= 0.6 is 0 Å². The van der Waals surface area contributed by atoms with Crippen molar-refractivity contribution in [3.8, 4) is 0 Å². The Morgan fingerprint density at radius 2 is 2.50 bits per heavy atom. The van der Waals surface area contributed by atoms with Crippen LogP contribution in [0.15, 0.2) is 11.5 Å². The summed E-state index contributed by atoms with van der Waals surface area (Å²) in [5, 5.41) is 4.70. The van der Waals surface area contributed by atoms with Crippen LogP contribution in [0.1, 0.15) is 0 Å². The zero-order chi connectivity index (χ0) is 4.41. The molecule has 0 spiro atoms. The fourth-order valence-corrected chi connectivity index (χ4v) is 0.977. The lowest BCUT2D eigenvalue weighted by molar-refractivity contribution is 1.99. The van der Waals surface area contributed by atoms with Gasteiger partial charge in [0.1, 0.15) is 0 Å². The summed E-state index contributed by atoms with van der Waals surface area (Å²) in [6.07, 6.45) is 4.55. The molecule has 1 unspecified atom stereocenters. The Hall–Kier alpha value is 0.0500. The van der Waals surface area contributed by atoms with Gasteiger partial charge in [-0.2, -0.15) is 0 Å². The predicted octanol–water partition coefficient (Wildman–Crippen LogP) is 0.714. The van der Waals surface area contributed by atoms with Crippen LogP contribution in [0.2, 0.25) is 0 Å². The molecule has 1 aliphatic heterocycles. The first-order chi connectivity index (χ1) is 2.89. The SMILES string of the molecule is S=S1[C]=[C]C=C1. The third-order valence-corrected chi connectivity index (χ3v) is 1.72. The van der Waals surface area contributed by atoms with E-state index in [1.807, 2.05) is 5.41 Å². The molecule has 0 aromatic heterocycles. The van der Waals surface area contributed by atoms with Crippen LogP contribution in [0.5, 0.6) is 0 Å². The van der Waals surface area contributed by atoms with Crippen LogP contribution in [0, 0.1) is 11.5 Å². The maximum Gasteiger partial charge on any atom is 0.0386 e. The van der Waals surface area contributed by atoms with Gasteiger partial charge in [-0.15, -0.1) is 0 Å². The summed E-state index contributed by atoms with van der Waals surface area (Å²) in [5.74, 6) is 0. The topological polar surface area (TPSA) is 0 Å². The molecule has 0 nitrogen and oxygen atoms in total. The summed E-state index contributed by atoms with van der Waals surface area (Å²) >= 11 is 4.77. The molecule has 2 heteroatoms. The van der Waals surface area contributed by atoms with Crippen LogP contribution in [0.3, 0.4) is 0 Å². The van der Waals surface area contributed by atoms with Crippen LogP contribution in [-0.4, -0.2) is 0 Å². The van der Waals surface area contributed by atoms with Crippen LogP contribution in [-0.2, 0) is 20.6 Å². The Bertz CT molecular complexity index is 108. The largest absolute Gasteiger partial charge is 0.0641 e. The summed E-state index contributed by atoms with van der Waals surface area (Å²) in [6, 6.07) is 0. The number of hydrogen-bond donors (Lipinski definition) is 0. The van der Waals surface area contributed by atoms with Gasteiger partial charge in [-0.3, -0.25) is 0 Å². The van der Waals surface area contributed by atoms with Gasteiger partial charge in [-0.25, -0.2) is 0 Å². The standard InChI is InChI=1S/C4H2S2/c5-6-3-1-2-4-6/h1,3H. The van der Waals surface area contributed by atoms with Crippen molar-refractivity contribution in [2.24, 2.45) is 0 Å². The minimum Gasteiger partial charge on any atom is -0.0641 e. The number of hydrogen-bond acceptors (Lipinski definition) is 1. The van der Waals surface area contributed by atoms with E-state index < -0.39 is 0 Å².